The van der Waals surface area contributed by atoms with Crippen molar-refractivity contribution in [3.05, 3.63) is 57.4 Å². The minimum atomic E-state index is -0.505. The number of rotatable bonds is 2. The average molecular weight is 330 g/mol. The van der Waals surface area contributed by atoms with Crippen LogP contribution in [0.15, 0.2) is 41.0 Å². The van der Waals surface area contributed by atoms with Crippen LogP contribution in [0.3, 0.4) is 0 Å². The Morgan fingerprint density at radius 2 is 2.17 bits per heavy atom. The number of pyridine rings is 1. The molecule has 0 saturated carbocycles. The van der Waals surface area contributed by atoms with Crippen molar-refractivity contribution in [3.8, 4) is 0 Å². The van der Waals surface area contributed by atoms with Gasteiger partial charge in [-0.05, 0) is 46.3 Å². The van der Waals surface area contributed by atoms with Crippen LogP contribution in [0.2, 0.25) is 5.02 Å². The molecule has 0 aliphatic carbocycles. The summed E-state index contributed by atoms with van der Waals surface area (Å²) in [6, 6.07) is 7.35. The molecule has 2 rings (SSSR count). The fourth-order valence-corrected chi connectivity index (χ4v) is 1.71. The molecule has 1 aromatic carbocycles. The summed E-state index contributed by atoms with van der Waals surface area (Å²) in [5.41, 5.74) is 0.192. The largest absolute Gasteiger partial charge is 0.305 e. The second-order valence-corrected chi connectivity index (χ2v) is 4.68. The number of anilines is 1. The van der Waals surface area contributed by atoms with Crippen molar-refractivity contribution in [2.24, 2.45) is 0 Å². The van der Waals surface area contributed by atoms with Gasteiger partial charge in [0.2, 0.25) is 0 Å². The quantitative estimate of drug-likeness (QED) is 0.908. The van der Waals surface area contributed by atoms with E-state index in [0.29, 0.717) is 9.50 Å². The predicted octanol–water partition coefficient (Wildman–Crippen LogP) is 3.89. The summed E-state index contributed by atoms with van der Waals surface area (Å²) in [6.45, 7) is 0. The molecule has 0 atom stereocenters. The molecule has 0 saturated heterocycles. The van der Waals surface area contributed by atoms with Crippen molar-refractivity contribution < 1.29 is 9.18 Å². The third-order valence-corrected chi connectivity index (χ3v) is 3.12. The summed E-state index contributed by atoms with van der Waals surface area (Å²) in [7, 11) is 0. The first-order chi connectivity index (χ1) is 8.58. The van der Waals surface area contributed by atoms with Gasteiger partial charge in [0.1, 0.15) is 5.82 Å². The van der Waals surface area contributed by atoms with Gasteiger partial charge in [-0.2, -0.15) is 0 Å². The Morgan fingerprint density at radius 3 is 2.83 bits per heavy atom. The van der Waals surface area contributed by atoms with Crippen molar-refractivity contribution in [1.82, 2.24) is 4.98 Å². The van der Waals surface area contributed by atoms with Gasteiger partial charge in [-0.25, -0.2) is 9.37 Å². The van der Waals surface area contributed by atoms with Gasteiger partial charge in [0.25, 0.3) is 5.91 Å². The molecule has 0 aliphatic heterocycles. The molecular weight excluding hydrogens is 322 g/mol. The molecule has 0 fully saturated rings. The van der Waals surface area contributed by atoms with E-state index < -0.39 is 11.7 Å². The van der Waals surface area contributed by atoms with E-state index in [2.05, 4.69) is 26.2 Å². The summed E-state index contributed by atoms with van der Waals surface area (Å²) in [5, 5.41) is 2.83. The van der Waals surface area contributed by atoms with Crippen molar-refractivity contribution >= 4 is 39.3 Å². The van der Waals surface area contributed by atoms with E-state index in [1.165, 1.54) is 18.3 Å². The van der Waals surface area contributed by atoms with Crippen LogP contribution < -0.4 is 5.32 Å². The molecule has 1 amide bonds. The first-order valence-corrected chi connectivity index (χ1v) is 6.12. The van der Waals surface area contributed by atoms with Crippen LogP contribution in [0.1, 0.15) is 10.4 Å². The van der Waals surface area contributed by atoms with Crippen LogP contribution in [0.5, 0.6) is 0 Å². The number of carbonyl (C=O) groups excluding carboxylic acids is 1. The highest BCUT2D eigenvalue weighted by atomic mass is 79.9. The number of halogens is 3. The monoisotopic (exact) mass is 328 g/mol. The average Bonchev–Trinajstić information content (AvgIpc) is 2.35. The smallest absolute Gasteiger partial charge is 0.256 e. The lowest BCUT2D eigenvalue weighted by Gasteiger charge is -2.06. The normalized spacial score (nSPS) is 10.2. The fraction of sp³-hybridized carbons (Fsp3) is 0. The van der Waals surface area contributed by atoms with Crippen LogP contribution in [0.4, 0.5) is 10.2 Å². The Hall–Kier alpha value is -1.46. The molecule has 0 radical (unpaired) electrons. The van der Waals surface area contributed by atoms with Crippen molar-refractivity contribution in [2.75, 3.05) is 5.32 Å². The van der Waals surface area contributed by atoms with Gasteiger partial charge in [0.15, 0.2) is 5.82 Å². The lowest BCUT2D eigenvalue weighted by Crippen LogP contribution is -2.13. The molecule has 3 nitrogen and oxygen atoms in total. The highest BCUT2D eigenvalue weighted by Gasteiger charge is 2.11. The van der Waals surface area contributed by atoms with E-state index >= 15 is 0 Å². The molecule has 1 aromatic heterocycles. The molecule has 2 aromatic rings. The fourth-order valence-electron chi connectivity index (χ4n) is 1.29. The number of nitrogens with zero attached hydrogens (tertiary/aromatic N) is 1. The summed E-state index contributed by atoms with van der Waals surface area (Å²) in [6.07, 6.45) is 1.50. The first kappa shape index (κ1) is 13.0. The maximum absolute atomic E-state index is 13.3. The number of hydrogen-bond acceptors (Lipinski definition) is 2. The van der Waals surface area contributed by atoms with E-state index in [1.54, 1.807) is 12.1 Å². The van der Waals surface area contributed by atoms with E-state index in [1.807, 2.05) is 0 Å². The Labute approximate surface area is 116 Å². The van der Waals surface area contributed by atoms with Crippen molar-refractivity contribution in [1.29, 1.82) is 0 Å². The second-order valence-electron chi connectivity index (χ2n) is 3.42. The minimum absolute atomic E-state index is 0.192. The highest BCUT2D eigenvalue weighted by Crippen LogP contribution is 2.20. The molecule has 18 heavy (non-hydrogen) atoms. The molecule has 1 heterocycles. The summed E-state index contributed by atoms with van der Waals surface area (Å²) >= 11 is 8.87. The minimum Gasteiger partial charge on any atom is -0.305 e. The lowest BCUT2D eigenvalue weighted by molar-refractivity contribution is 0.102. The second kappa shape index (κ2) is 5.46. The lowest BCUT2D eigenvalue weighted by atomic mass is 10.2. The molecule has 0 unspecified atom stereocenters. The van der Waals surface area contributed by atoms with Crippen molar-refractivity contribution in [3.63, 3.8) is 0 Å². The maximum atomic E-state index is 13.3. The standard InChI is InChI=1S/C12H7BrClFN2O/c13-8-4-3-7(6-10(8)15)12(18)17-11-9(14)2-1-5-16-11/h1-6H,(H,16,17,18). The van der Waals surface area contributed by atoms with Gasteiger partial charge < -0.3 is 5.32 Å². The summed E-state index contributed by atoms with van der Waals surface area (Å²) < 4.78 is 13.6. The zero-order chi connectivity index (χ0) is 13.1. The predicted molar refractivity (Wildman–Crippen MR) is 71.3 cm³/mol. The van der Waals surface area contributed by atoms with Crippen LogP contribution >= 0.6 is 27.5 Å². The van der Waals surface area contributed by atoms with E-state index in [9.17, 15) is 9.18 Å². The Morgan fingerprint density at radius 1 is 1.39 bits per heavy atom. The van der Waals surface area contributed by atoms with Gasteiger partial charge in [-0.1, -0.05) is 11.6 Å². The third kappa shape index (κ3) is 2.86. The number of aromatic nitrogens is 1. The van der Waals surface area contributed by atoms with Crippen LogP contribution in [0, 0.1) is 5.82 Å². The van der Waals surface area contributed by atoms with E-state index in [0.717, 1.165) is 6.07 Å². The van der Waals surface area contributed by atoms with E-state index in [4.69, 9.17) is 11.6 Å². The highest BCUT2D eigenvalue weighted by molar-refractivity contribution is 9.10. The topological polar surface area (TPSA) is 42.0 Å². The molecule has 1 N–H and O–H groups in total. The number of benzene rings is 1. The van der Waals surface area contributed by atoms with Crippen LogP contribution in [0.25, 0.3) is 0 Å². The van der Waals surface area contributed by atoms with Crippen molar-refractivity contribution in [2.45, 2.75) is 0 Å². The van der Waals surface area contributed by atoms with Crippen LogP contribution in [-0.4, -0.2) is 10.9 Å². The van der Waals surface area contributed by atoms with E-state index in [-0.39, 0.29) is 11.4 Å². The summed E-state index contributed by atoms with van der Waals surface area (Å²) in [4.78, 5) is 15.8. The number of carbonyl (C=O) groups is 1. The van der Waals surface area contributed by atoms with Gasteiger partial charge in [0, 0.05) is 11.8 Å². The Bertz CT molecular complexity index is 606. The molecule has 0 aliphatic rings. The molecular formula is C12H7BrClFN2O. The molecule has 0 bridgehead atoms. The van der Waals surface area contributed by atoms with Gasteiger partial charge >= 0.3 is 0 Å². The number of amides is 1. The zero-order valence-electron chi connectivity index (χ0n) is 8.95. The number of nitrogens with one attached hydrogen (secondary N) is 1. The zero-order valence-corrected chi connectivity index (χ0v) is 11.3. The number of hydrogen-bond donors (Lipinski definition) is 1. The van der Waals surface area contributed by atoms with Gasteiger partial charge in [-0.15, -0.1) is 0 Å². The maximum Gasteiger partial charge on any atom is 0.256 e. The summed E-state index contributed by atoms with van der Waals surface area (Å²) in [5.74, 6) is -0.732. The molecule has 0 spiro atoms. The first-order valence-electron chi connectivity index (χ1n) is 4.95. The Kier molecular flexibility index (Phi) is 3.93. The SMILES string of the molecule is O=C(Nc1ncccc1Cl)c1ccc(Br)c(F)c1. The van der Waals surface area contributed by atoms with Gasteiger partial charge in [0.05, 0.1) is 9.50 Å². The van der Waals surface area contributed by atoms with Gasteiger partial charge in [-0.3, -0.25) is 4.79 Å². The third-order valence-electron chi connectivity index (χ3n) is 2.17. The molecule has 6 heteroatoms. The molecule has 92 valence electrons. The Balaban J connectivity index is 2.22. The van der Waals surface area contributed by atoms with Crippen LogP contribution in [-0.2, 0) is 0 Å².